The summed E-state index contributed by atoms with van der Waals surface area (Å²) in [5.74, 6) is -0.900. The Hall–Kier alpha value is -2.04. The van der Waals surface area contributed by atoms with E-state index in [1.54, 1.807) is 25.1 Å². The molecule has 0 saturated carbocycles. The van der Waals surface area contributed by atoms with Crippen molar-refractivity contribution < 1.29 is 9.59 Å². The molecule has 5 nitrogen and oxygen atoms in total. The first kappa shape index (κ1) is 11.0. The van der Waals surface area contributed by atoms with Crippen LogP contribution < -0.4 is 16.8 Å². The maximum atomic E-state index is 11.5. The molecule has 0 saturated heterocycles. The van der Waals surface area contributed by atoms with Crippen molar-refractivity contribution in [2.75, 3.05) is 12.3 Å². The molecule has 0 unspecified atom stereocenters. The summed E-state index contributed by atoms with van der Waals surface area (Å²) in [6.45, 7) is 1.61. The Morgan fingerprint density at radius 3 is 2.60 bits per heavy atom. The molecule has 0 spiro atoms. The molecule has 0 fully saturated rings. The molecule has 0 aliphatic rings. The lowest BCUT2D eigenvalue weighted by atomic mass is 10.1. The van der Waals surface area contributed by atoms with Crippen molar-refractivity contribution in [1.29, 1.82) is 0 Å². The van der Waals surface area contributed by atoms with Crippen LogP contribution in [0.5, 0.6) is 0 Å². The number of rotatable bonds is 3. The number of aryl methyl sites for hydroxylation is 1. The number of carbonyl (C=O) groups is 2. The molecule has 1 rings (SSSR count). The van der Waals surface area contributed by atoms with Gasteiger partial charge in [0, 0.05) is 11.3 Å². The number of carbonyl (C=O) groups excluding carboxylic acids is 2. The second kappa shape index (κ2) is 4.45. The second-order valence-electron chi connectivity index (χ2n) is 3.22. The second-order valence-corrected chi connectivity index (χ2v) is 3.22. The van der Waals surface area contributed by atoms with Gasteiger partial charge in [-0.05, 0) is 30.7 Å². The molecule has 5 N–H and O–H groups in total. The molecule has 0 bridgehead atoms. The Bertz CT molecular complexity index is 402. The molecule has 0 atom stereocenters. The Labute approximate surface area is 87.4 Å². The fraction of sp³-hybridized carbons (Fsp3) is 0.200. The highest BCUT2D eigenvalue weighted by Gasteiger charge is 2.08. The average molecular weight is 207 g/mol. The number of nitrogen functional groups attached to an aromatic ring is 1. The van der Waals surface area contributed by atoms with Gasteiger partial charge in [-0.3, -0.25) is 9.59 Å². The molecule has 80 valence electrons. The van der Waals surface area contributed by atoms with Crippen LogP contribution in [0.25, 0.3) is 0 Å². The van der Waals surface area contributed by atoms with Gasteiger partial charge in [-0.15, -0.1) is 0 Å². The van der Waals surface area contributed by atoms with Crippen LogP contribution in [-0.2, 0) is 4.79 Å². The van der Waals surface area contributed by atoms with Crippen LogP contribution in [0.15, 0.2) is 18.2 Å². The third kappa shape index (κ3) is 2.98. The van der Waals surface area contributed by atoms with E-state index in [4.69, 9.17) is 11.5 Å². The summed E-state index contributed by atoms with van der Waals surface area (Å²) in [5, 5.41) is 2.40. The smallest absolute Gasteiger partial charge is 0.251 e. The number of nitrogens with one attached hydrogen (secondary N) is 1. The van der Waals surface area contributed by atoms with Gasteiger partial charge < -0.3 is 16.8 Å². The molecule has 1 aromatic rings. The van der Waals surface area contributed by atoms with E-state index in [0.717, 1.165) is 5.56 Å². The summed E-state index contributed by atoms with van der Waals surface area (Å²) in [7, 11) is 0. The van der Waals surface area contributed by atoms with Crippen LogP contribution in [-0.4, -0.2) is 18.4 Å². The number of hydrogen-bond acceptors (Lipinski definition) is 3. The summed E-state index contributed by atoms with van der Waals surface area (Å²) >= 11 is 0. The zero-order valence-electron chi connectivity index (χ0n) is 8.41. The molecule has 1 aromatic carbocycles. The topological polar surface area (TPSA) is 98.2 Å². The zero-order valence-corrected chi connectivity index (χ0v) is 8.41. The molecule has 0 radical (unpaired) electrons. The van der Waals surface area contributed by atoms with Gasteiger partial charge in [0.25, 0.3) is 5.91 Å². The minimum Gasteiger partial charge on any atom is -0.399 e. The van der Waals surface area contributed by atoms with Crippen LogP contribution in [0.3, 0.4) is 0 Å². The Balaban J connectivity index is 2.78. The van der Waals surface area contributed by atoms with Crippen molar-refractivity contribution in [1.82, 2.24) is 5.32 Å². The molecular formula is C10H13N3O2. The summed E-state index contributed by atoms with van der Waals surface area (Å²) < 4.78 is 0. The van der Waals surface area contributed by atoms with Gasteiger partial charge >= 0.3 is 0 Å². The standard InChI is InChI=1S/C10H13N3O2/c1-6-4-7(11)2-3-8(6)10(15)13-5-9(12)14/h2-4H,5,11H2,1H3,(H2,12,14)(H,13,15). The monoisotopic (exact) mass is 207 g/mol. The molecular weight excluding hydrogens is 194 g/mol. The van der Waals surface area contributed by atoms with Gasteiger partial charge in [-0.25, -0.2) is 0 Å². The van der Waals surface area contributed by atoms with Gasteiger partial charge in [0.2, 0.25) is 5.91 Å². The van der Waals surface area contributed by atoms with Crippen LogP contribution in [0.4, 0.5) is 5.69 Å². The van der Waals surface area contributed by atoms with E-state index in [-0.39, 0.29) is 12.5 Å². The van der Waals surface area contributed by atoms with Crippen molar-refractivity contribution >= 4 is 17.5 Å². The van der Waals surface area contributed by atoms with E-state index in [1.807, 2.05) is 0 Å². The van der Waals surface area contributed by atoms with E-state index < -0.39 is 5.91 Å². The first-order chi connectivity index (χ1) is 7.00. The van der Waals surface area contributed by atoms with Crippen LogP contribution >= 0.6 is 0 Å². The SMILES string of the molecule is Cc1cc(N)ccc1C(=O)NCC(N)=O. The predicted molar refractivity (Wildman–Crippen MR) is 57.1 cm³/mol. The molecule has 15 heavy (non-hydrogen) atoms. The van der Waals surface area contributed by atoms with E-state index in [1.165, 1.54) is 0 Å². The highest BCUT2D eigenvalue weighted by Crippen LogP contribution is 2.11. The van der Waals surface area contributed by atoms with E-state index in [9.17, 15) is 9.59 Å². The molecule has 5 heteroatoms. The third-order valence-corrected chi connectivity index (χ3v) is 1.92. The van der Waals surface area contributed by atoms with E-state index in [0.29, 0.717) is 11.3 Å². The van der Waals surface area contributed by atoms with Crippen molar-refractivity contribution in [2.24, 2.45) is 5.73 Å². The van der Waals surface area contributed by atoms with E-state index in [2.05, 4.69) is 5.32 Å². The average Bonchev–Trinajstić information content (AvgIpc) is 2.14. The normalized spacial score (nSPS) is 9.67. The molecule has 2 amide bonds. The molecule has 0 aliphatic heterocycles. The van der Waals surface area contributed by atoms with Gasteiger partial charge in [0.05, 0.1) is 6.54 Å². The van der Waals surface area contributed by atoms with Crippen molar-refractivity contribution in [3.05, 3.63) is 29.3 Å². The Morgan fingerprint density at radius 1 is 1.40 bits per heavy atom. The Kier molecular flexibility index (Phi) is 3.28. The summed E-state index contributed by atoms with van der Waals surface area (Å²) in [6.07, 6.45) is 0. The predicted octanol–water partition coefficient (Wildman–Crippen LogP) is -0.208. The zero-order chi connectivity index (χ0) is 11.4. The number of hydrogen-bond donors (Lipinski definition) is 3. The van der Waals surface area contributed by atoms with Gasteiger partial charge in [-0.1, -0.05) is 0 Å². The lowest BCUT2D eigenvalue weighted by Gasteiger charge is -2.06. The van der Waals surface area contributed by atoms with Crippen molar-refractivity contribution in [3.8, 4) is 0 Å². The van der Waals surface area contributed by atoms with Crippen LogP contribution in [0.2, 0.25) is 0 Å². The van der Waals surface area contributed by atoms with Crippen LogP contribution in [0, 0.1) is 6.92 Å². The Morgan fingerprint density at radius 2 is 2.07 bits per heavy atom. The number of amides is 2. The minimum atomic E-state index is -0.573. The van der Waals surface area contributed by atoms with Gasteiger partial charge in [-0.2, -0.15) is 0 Å². The first-order valence-corrected chi connectivity index (χ1v) is 4.43. The maximum Gasteiger partial charge on any atom is 0.251 e. The third-order valence-electron chi connectivity index (χ3n) is 1.92. The number of anilines is 1. The maximum absolute atomic E-state index is 11.5. The fourth-order valence-corrected chi connectivity index (χ4v) is 1.20. The largest absolute Gasteiger partial charge is 0.399 e. The minimum absolute atomic E-state index is 0.164. The molecule has 0 heterocycles. The van der Waals surface area contributed by atoms with Gasteiger partial charge in [0.1, 0.15) is 0 Å². The summed E-state index contributed by atoms with van der Waals surface area (Å²) in [5.41, 5.74) is 12.3. The fourth-order valence-electron chi connectivity index (χ4n) is 1.20. The number of primary amides is 1. The van der Waals surface area contributed by atoms with Crippen molar-refractivity contribution in [3.63, 3.8) is 0 Å². The first-order valence-electron chi connectivity index (χ1n) is 4.43. The van der Waals surface area contributed by atoms with Gasteiger partial charge in [0.15, 0.2) is 0 Å². The highest BCUT2D eigenvalue weighted by atomic mass is 16.2. The molecule has 0 aliphatic carbocycles. The quantitative estimate of drug-likeness (QED) is 0.598. The molecule has 0 aromatic heterocycles. The number of nitrogens with two attached hydrogens (primary N) is 2. The van der Waals surface area contributed by atoms with E-state index >= 15 is 0 Å². The van der Waals surface area contributed by atoms with Crippen molar-refractivity contribution in [2.45, 2.75) is 6.92 Å². The lowest BCUT2D eigenvalue weighted by molar-refractivity contribution is -0.117. The van der Waals surface area contributed by atoms with Crippen LogP contribution in [0.1, 0.15) is 15.9 Å². The summed E-state index contributed by atoms with van der Waals surface area (Å²) in [4.78, 5) is 22.0. The summed E-state index contributed by atoms with van der Waals surface area (Å²) in [6, 6.07) is 4.94. The lowest BCUT2D eigenvalue weighted by Crippen LogP contribution is -2.33. The highest BCUT2D eigenvalue weighted by molar-refractivity contribution is 5.97. The number of benzene rings is 1.